The summed E-state index contributed by atoms with van der Waals surface area (Å²) >= 11 is 1.55. The molecule has 3 rings (SSSR count). The number of sulfonamides is 1. The molecule has 0 atom stereocenters. The number of carbonyl (C=O) groups is 1. The molecule has 0 aliphatic heterocycles. The number of para-hydroxylation sites is 1. The number of aromatic nitrogens is 1. The van der Waals surface area contributed by atoms with Crippen molar-refractivity contribution < 1.29 is 18.0 Å². The topological polar surface area (TPSA) is 79.8 Å². The number of hydrogen-bond acceptors (Lipinski definition) is 6. The minimum absolute atomic E-state index is 0.0530. The van der Waals surface area contributed by atoms with Crippen molar-refractivity contribution in [2.75, 3.05) is 21.2 Å². The van der Waals surface area contributed by atoms with Gasteiger partial charge in [0.05, 0.1) is 28.8 Å². The monoisotopic (exact) mass is 405 g/mol. The van der Waals surface area contributed by atoms with Gasteiger partial charge in [-0.25, -0.2) is 13.4 Å². The van der Waals surface area contributed by atoms with Crippen LogP contribution in [-0.4, -0.2) is 49.9 Å². The van der Waals surface area contributed by atoms with Crippen LogP contribution in [0.5, 0.6) is 0 Å². The molecule has 27 heavy (non-hydrogen) atoms. The molecule has 0 saturated carbocycles. The summed E-state index contributed by atoms with van der Waals surface area (Å²) in [4.78, 5) is 23.5. The summed E-state index contributed by atoms with van der Waals surface area (Å²) in [7, 11) is 0.531. The van der Waals surface area contributed by atoms with Crippen molar-refractivity contribution >= 4 is 37.5 Å². The number of nitrogens with zero attached hydrogens (tertiary/aromatic N) is 3. The fourth-order valence-electron chi connectivity index (χ4n) is 2.50. The Hall–Kier alpha value is -2.33. The van der Waals surface area contributed by atoms with Crippen molar-refractivity contribution in [2.24, 2.45) is 0 Å². The van der Waals surface area contributed by atoms with Gasteiger partial charge in [-0.1, -0.05) is 16.6 Å². The molecule has 7 nitrogen and oxygen atoms in total. The Morgan fingerprint density at radius 3 is 2.41 bits per heavy atom. The molecular formula is C18H19N3O4S2. The maximum atomic E-state index is 12.6. The number of fused-ring (bicyclic) bond motifs is 1. The maximum absolute atomic E-state index is 12.6. The van der Waals surface area contributed by atoms with Crippen molar-refractivity contribution in [2.45, 2.75) is 11.4 Å². The zero-order chi connectivity index (χ0) is 19.6. The summed E-state index contributed by atoms with van der Waals surface area (Å²) < 4.78 is 26.2. The first-order valence-electron chi connectivity index (χ1n) is 8.06. The lowest BCUT2D eigenvalue weighted by atomic mass is 10.2. The van der Waals surface area contributed by atoms with Crippen molar-refractivity contribution in [1.29, 1.82) is 0 Å². The lowest BCUT2D eigenvalue weighted by molar-refractivity contribution is -0.0258. The van der Waals surface area contributed by atoms with E-state index in [-0.39, 0.29) is 10.8 Å². The van der Waals surface area contributed by atoms with Gasteiger partial charge in [-0.05, 0) is 36.4 Å². The van der Waals surface area contributed by atoms with Crippen LogP contribution in [-0.2, 0) is 21.4 Å². The van der Waals surface area contributed by atoms with E-state index in [2.05, 4.69) is 4.98 Å². The largest absolute Gasteiger partial charge is 0.335 e. The fourth-order valence-corrected chi connectivity index (χ4v) is 4.49. The van der Waals surface area contributed by atoms with Crippen LogP contribution >= 0.6 is 11.3 Å². The van der Waals surface area contributed by atoms with Gasteiger partial charge in [0.25, 0.3) is 15.9 Å². The molecule has 3 aromatic rings. The van der Waals surface area contributed by atoms with Crippen LogP contribution < -0.4 is 0 Å². The van der Waals surface area contributed by atoms with E-state index in [0.717, 1.165) is 19.7 Å². The smallest absolute Gasteiger partial charge is 0.264 e. The summed E-state index contributed by atoms with van der Waals surface area (Å²) in [5, 5.41) is 0.841. The molecule has 0 aliphatic rings. The third-order valence-electron chi connectivity index (χ3n) is 4.05. The summed E-state index contributed by atoms with van der Waals surface area (Å²) in [5.41, 5.74) is 1.31. The molecule has 2 aromatic carbocycles. The molecule has 1 amide bonds. The van der Waals surface area contributed by atoms with Crippen molar-refractivity contribution in [1.82, 2.24) is 14.4 Å². The highest BCUT2D eigenvalue weighted by Gasteiger charge is 2.21. The Morgan fingerprint density at radius 2 is 1.78 bits per heavy atom. The highest BCUT2D eigenvalue weighted by Crippen LogP contribution is 2.23. The predicted octanol–water partition coefficient (Wildman–Crippen LogP) is 2.75. The molecule has 0 radical (unpaired) electrons. The first-order chi connectivity index (χ1) is 12.8. The maximum Gasteiger partial charge on any atom is 0.264 e. The normalized spacial score (nSPS) is 11.9. The van der Waals surface area contributed by atoms with Crippen molar-refractivity contribution in [3.63, 3.8) is 0 Å². The second-order valence-corrected chi connectivity index (χ2v) is 8.91. The van der Waals surface area contributed by atoms with Crippen LogP contribution in [0.25, 0.3) is 10.2 Å². The van der Waals surface area contributed by atoms with E-state index in [0.29, 0.717) is 12.1 Å². The standard InChI is InChI=1S/C18H19N3O4S2/c1-20(12-17-19-15-6-4-5-7-16(15)26-17)18(22)13-8-10-14(11-9-13)27(23,24)21(2)25-3/h4-11H,12H2,1-3H3. The van der Waals surface area contributed by atoms with Gasteiger partial charge >= 0.3 is 0 Å². The summed E-state index contributed by atoms with van der Waals surface area (Å²) in [6, 6.07) is 13.6. The van der Waals surface area contributed by atoms with Gasteiger partial charge in [0.15, 0.2) is 0 Å². The lowest BCUT2D eigenvalue weighted by Gasteiger charge is -2.17. The molecule has 0 spiro atoms. The molecule has 0 fully saturated rings. The minimum atomic E-state index is -3.74. The Morgan fingerprint density at radius 1 is 1.11 bits per heavy atom. The van der Waals surface area contributed by atoms with Gasteiger partial charge in [0, 0.05) is 19.7 Å². The molecule has 0 saturated heterocycles. The van der Waals surface area contributed by atoms with Crippen molar-refractivity contribution in [3.8, 4) is 0 Å². The van der Waals surface area contributed by atoms with E-state index in [1.54, 1.807) is 23.3 Å². The minimum Gasteiger partial charge on any atom is -0.335 e. The zero-order valence-electron chi connectivity index (χ0n) is 15.1. The van der Waals surface area contributed by atoms with Gasteiger partial charge in [0.1, 0.15) is 5.01 Å². The lowest BCUT2D eigenvalue weighted by Crippen LogP contribution is -2.27. The van der Waals surface area contributed by atoms with Gasteiger partial charge in [0.2, 0.25) is 0 Å². The van der Waals surface area contributed by atoms with E-state index in [1.165, 1.54) is 38.4 Å². The average molecular weight is 406 g/mol. The van der Waals surface area contributed by atoms with E-state index in [4.69, 9.17) is 4.84 Å². The SMILES string of the molecule is CON(C)S(=O)(=O)c1ccc(C(=O)N(C)Cc2nc3ccccc3s2)cc1. The van der Waals surface area contributed by atoms with Crippen LogP contribution in [0, 0.1) is 0 Å². The van der Waals surface area contributed by atoms with Gasteiger partial charge in [-0.15, -0.1) is 11.3 Å². The summed E-state index contributed by atoms with van der Waals surface area (Å²) in [6.45, 7) is 0.380. The number of rotatable bonds is 6. The number of hydrogen-bond donors (Lipinski definition) is 0. The molecule has 1 aromatic heterocycles. The van der Waals surface area contributed by atoms with E-state index >= 15 is 0 Å². The number of hydroxylamine groups is 1. The van der Waals surface area contributed by atoms with Gasteiger partial charge in [-0.2, -0.15) is 0 Å². The fraction of sp³-hybridized carbons (Fsp3) is 0.222. The third kappa shape index (κ3) is 4.01. The van der Waals surface area contributed by atoms with Crippen LogP contribution in [0.4, 0.5) is 0 Å². The first-order valence-corrected chi connectivity index (χ1v) is 10.3. The van der Waals surface area contributed by atoms with E-state index in [9.17, 15) is 13.2 Å². The molecule has 9 heteroatoms. The highest BCUT2D eigenvalue weighted by molar-refractivity contribution is 7.89. The Labute approximate surface area is 161 Å². The zero-order valence-corrected chi connectivity index (χ0v) is 16.8. The molecular weight excluding hydrogens is 386 g/mol. The quantitative estimate of drug-likeness (QED) is 0.589. The molecule has 0 aliphatic carbocycles. The highest BCUT2D eigenvalue weighted by atomic mass is 32.2. The van der Waals surface area contributed by atoms with E-state index < -0.39 is 10.0 Å². The second-order valence-electron chi connectivity index (χ2n) is 5.86. The predicted molar refractivity (Wildman–Crippen MR) is 104 cm³/mol. The molecule has 142 valence electrons. The third-order valence-corrected chi connectivity index (χ3v) is 6.77. The number of thiazole rings is 1. The van der Waals surface area contributed by atoms with Gasteiger partial charge in [-0.3, -0.25) is 9.63 Å². The molecule has 0 unspecified atom stereocenters. The molecule has 0 bridgehead atoms. The van der Waals surface area contributed by atoms with Gasteiger partial charge < -0.3 is 4.90 Å². The molecule has 1 heterocycles. The van der Waals surface area contributed by atoms with Crippen LogP contribution in [0.15, 0.2) is 53.4 Å². The van der Waals surface area contributed by atoms with E-state index in [1.807, 2.05) is 24.3 Å². The summed E-state index contributed by atoms with van der Waals surface area (Å²) in [6.07, 6.45) is 0. The summed E-state index contributed by atoms with van der Waals surface area (Å²) in [5.74, 6) is -0.210. The van der Waals surface area contributed by atoms with Crippen molar-refractivity contribution in [3.05, 3.63) is 59.1 Å². The Kier molecular flexibility index (Phi) is 5.56. The molecule has 0 N–H and O–H groups in total. The van der Waals surface area contributed by atoms with Crippen LogP contribution in [0.3, 0.4) is 0 Å². The Balaban J connectivity index is 1.75. The number of amides is 1. The second kappa shape index (κ2) is 7.73. The first kappa shape index (κ1) is 19.4. The Bertz CT molecular complexity index is 1030. The van der Waals surface area contributed by atoms with Crippen LogP contribution in [0.2, 0.25) is 0 Å². The van der Waals surface area contributed by atoms with Crippen LogP contribution in [0.1, 0.15) is 15.4 Å². The number of carbonyl (C=O) groups excluding carboxylic acids is 1. The average Bonchev–Trinajstić information content (AvgIpc) is 3.08. The number of benzene rings is 2.